The summed E-state index contributed by atoms with van der Waals surface area (Å²) in [4.78, 5) is 0. The molecule has 13 heteroatoms. The highest BCUT2D eigenvalue weighted by molar-refractivity contribution is 4.96. The van der Waals surface area contributed by atoms with Gasteiger partial charge in [-0.05, 0) is 12.8 Å². The van der Waals surface area contributed by atoms with E-state index >= 15 is 0 Å². The molecule has 260 valence electrons. The maximum Gasteiger partial charge on any atom is 0.187 e. The standard InChI is InChI=1S/C31H59NO12/c1-3-4-5-6-7-8-9-10-11-12-13-14-15-16-21(40-2)20(32)19-41-30-28(39)26(37)29(23(18-34)43-30)44-31-27(38)25(36)24(35)22(17-33)42-31/h15-16,20-31,33-39H,3-14,17-19,32H2,1-2H3/b16-15+/t20-,21-,22?,23?,24-,25?,26?,27-,28?,29+,30+,31-/m0/s1. The Kier molecular flexibility index (Phi) is 19.6. The Morgan fingerprint density at radius 1 is 0.705 bits per heavy atom. The van der Waals surface area contributed by atoms with E-state index in [4.69, 9.17) is 29.4 Å². The van der Waals surface area contributed by atoms with E-state index in [1.165, 1.54) is 71.3 Å². The molecule has 5 unspecified atom stereocenters. The zero-order chi connectivity index (χ0) is 32.5. The van der Waals surface area contributed by atoms with Crippen LogP contribution in [-0.2, 0) is 23.7 Å². The molecule has 2 heterocycles. The largest absolute Gasteiger partial charge is 0.394 e. The maximum absolute atomic E-state index is 10.8. The van der Waals surface area contributed by atoms with Crippen LogP contribution in [0.15, 0.2) is 12.2 Å². The second-order valence-electron chi connectivity index (χ2n) is 12.0. The van der Waals surface area contributed by atoms with E-state index in [0.717, 1.165) is 12.8 Å². The fourth-order valence-corrected chi connectivity index (χ4v) is 5.55. The van der Waals surface area contributed by atoms with E-state index in [-0.39, 0.29) is 6.61 Å². The highest BCUT2D eigenvalue weighted by atomic mass is 16.7. The molecule has 0 bridgehead atoms. The van der Waals surface area contributed by atoms with Crippen LogP contribution in [0.5, 0.6) is 0 Å². The molecule has 0 aromatic rings. The molecule has 2 fully saturated rings. The van der Waals surface area contributed by atoms with E-state index in [2.05, 4.69) is 6.92 Å². The first kappa shape index (κ1) is 39.4. The summed E-state index contributed by atoms with van der Waals surface area (Å²) in [5.41, 5.74) is 6.27. The minimum Gasteiger partial charge on any atom is -0.394 e. The summed E-state index contributed by atoms with van der Waals surface area (Å²) in [7, 11) is 1.54. The van der Waals surface area contributed by atoms with E-state index in [9.17, 15) is 35.7 Å². The lowest BCUT2D eigenvalue weighted by Crippen LogP contribution is -2.64. The molecule has 2 aliphatic heterocycles. The predicted molar refractivity (Wildman–Crippen MR) is 161 cm³/mol. The lowest BCUT2D eigenvalue weighted by molar-refractivity contribution is -0.359. The van der Waals surface area contributed by atoms with Crippen LogP contribution in [0, 0.1) is 0 Å². The quantitative estimate of drug-likeness (QED) is 0.0590. The number of hydrogen-bond acceptors (Lipinski definition) is 13. The van der Waals surface area contributed by atoms with Crippen LogP contribution >= 0.6 is 0 Å². The summed E-state index contributed by atoms with van der Waals surface area (Å²) in [5.74, 6) is 0. The van der Waals surface area contributed by atoms with Crippen molar-refractivity contribution in [3.8, 4) is 0 Å². The van der Waals surface area contributed by atoms with Gasteiger partial charge in [0.25, 0.3) is 0 Å². The Hall–Kier alpha value is -0.780. The highest BCUT2D eigenvalue weighted by Crippen LogP contribution is 2.29. The van der Waals surface area contributed by atoms with Crippen LogP contribution in [0.1, 0.15) is 84.0 Å². The molecular formula is C31H59NO12. The third-order valence-electron chi connectivity index (χ3n) is 8.41. The predicted octanol–water partition coefficient (Wildman–Crippen LogP) is 0.227. The normalized spacial score (nSPS) is 34.4. The Labute approximate surface area is 261 Å². The van der Waals surface area contributed by atoms with Crippen LogP contribution in [0.4, 0.5) is 0 Å². The van der Waals surface area contributed by atoms with Gasteiger partial charge in [0.2, 0.25) is 0 Å². The lowest BCUT2D eigenvalue weighted by atomic mass is 9.97. The average Bonchev–Trinajstić information content (AvgIpc) is 3.03. The number of nitrogens with two attached hydrogens (primary N) is 1. The molecule has 9 N–H and O–H groups in total. The van der Waals surface area contributed by atoms with E-state index in [1.807, 2.05) is 12.2 Å². The Balaban J connectivity index is 1.74. The van der Waals surface area contributed by atoms with Crippen molar-refractivity contribution in [3.63, 3.8) is 0 Å². The van der Waals surface area contributed by atoms with Gasteiger partial charge in [0, 0.05) is 7.11 Å². The minimum absolute atomic E-state index is 0.0911. The fraction of sp³-hybridized carbons (Fsp3) is 0.935. The molecule has 0 radical (unpaired) electrons. The van der Waals surface area contributed by atoms with Gasteiger partial charge in [-0.3, -0.25) is 0 Å². The van der Waals surface area contributed by atoms with Gasteiger partial charge in [-0.2, -0.15) is 0 Å². The Bertz CT molecular complexity index is 759. The summed E-state index contributed by atoms with van der Waals surface area (Å²) in [6.07, 6.45) is 3.37. The van der Waals surface area contributed by atoms with Crippen molar-refractivity contribution in [2.75, 3.05) is 26.9 Å². The topological polar surface area (TPSA) is 214 Å². The van der Waals surface area contributed by atoms with Crippen molar-refractivity contribution in [2.45, 2.75) is 158 Å². The lowest BCUT2D eigenvalue weighted by Gasteiger charge is -2.46. The maximum atomic E-state index is 10.8. The summed E-state index contributed by atoms with van der Waals surface area (Å²) >= 11 is 0. The van der Waals surface area contributed by atoms with Crippen molar-refractivity contribution in [2.24, 2.45) is 5.73 Å². The van der Waals surface area contributed by atoms with Crippen LogP contribution in [0.3, 0.4) is 0 Å². The molecule has 0 amide bonds. The summed E-state index contributed by atoms with van der Waals surface area (Å²) in [6.45, 7) is 0.822. The van der Waals surface area contributed by atoms with Gasteiger partial charge in [-0.25, -0.2) is 0 Å². The Morgan fingerprint density at radius 2 is 1.25 bits per heavy atom. The molecule has 0 aromatic carbocycles. The van der Waals surface area contributed by atoms with E-state index < -0.39 is 86.8 Å². The fourth-order valence-electron chi connectivity index (χ4n) is 5.55. The molecule has 12 atom stereocenters. The molecule has 0 saturated carbocycles. The summed E-state index contributed by atoms with van der Waals surface area (Å²) in [6, 6.07) is -0.614. The van der Waals surface area contributed by atoms with Crippen LogP contribution in [-0.4, -0.2) is 136 Å². The van der Waals surface area contributed by atoms with Gasteiger partial charge in [-0.15, -0.1) is 0 Å². The SMILES string of the molecule is CCCCCCCCCCCCC/C=C/[C@H](OC)[C@@H](N)CO[C@@H]1OC(CO)[C@@H](O[C@@H]2OC(CO)[C@H](O)C(O)[C@@H]2O)C(O)C1O. The van der Waals surface area contributed by atoms with Crippen LogP contribution in [0.2, 0.25) is 0 Å². The summed E-state index contributed by atoms with van der Waals surface area (Å²) < 4.78 is 27.7. The number of allylic oxidation sites excluding steroid dienone is 1. The number of hydrogen-bond donors (Lipinski definition) is 8. The molecule has 0 aromatic heterocycles. The molecule has 44 heavy (non-hydrogen) atoms. The number of unbranched alkanes of at least 4 members (excludes halogenated alkanes) is 11. The molecule has 0 spiro atoms. The number of ether oxygens (including phenoxy) is 5. The highest BCUT2D eigenvalue weighted by Gasteiger charge is 2.50. The first-order valence-electron chi connectivity index (χ1n) is 16.3. The van der Waals surface area contributed by atoms with Gasteiger partial charge >= 0.3 is 0 Å². The second kappa shape index (κ2) is 21.9. The van der Waals surface area contributed by atoms with Gasteiger partial charge in [-0.1, -0.05) is 83.3 Å². The van der Waals surface area contributed by atoms with Gasteiger partial charge in [0.1, 0.15) is 48.8 Å². The van der Waals surface area contributed by atoms with E-state index in [0.29, 0.717) is 0 Å². The van der Waals surface area contributed by atoms with Crippen LogP contribution < -0.4 is 5.73 Å². The van der Waals surface area contributed by atoms with Crippen molar-refractivity contribution >= 4 is 0 Å². The smallest absolute Gasteiger partial charge is 0.187 e. The molecule has 2 rings (SSSR count). The number of rotatable bonds is 22. The van der Waals surface area contributed by atoms with Crippen molar-refractivity contribution in [3.05, 3.63) is 12.2 Å². The number of aliphatic hydroxyl groups is 7. The minimum atomic E-state index is -1.74. The van der Waals surface area contributed by atoms with Gasteiger partial charge in [0.05, 0.1) is 32.0 Å². The first-order chi connectivity index (χ1) is 21.2. The van der Waals surface area contributed by atoms with Crippen molar-refractivity contribution in [1.29, 1.82) is 0 Å². The first-order valence-corrected chi connectivity index (χ1v) is 16.3. The molecule has 13 nitrogen and oxygen atoms in total. The third kappa shape index (κ3) is 12.4. The number of methoxy groups -OCH3 is 1. The molecule has 2 saturated heterocycles. The Morgan fingerprint density at radius 3 is 1.82 bits per heavy atom. The monoisotopic (exact) mass is 637 g/mol. The molecule has 2 aliphatic rings. The zero-order valence-corrected chi connectivity index (χ0v) is 26.4. The van der Waals surface area contributed by atoms with Gasteiger partial charge in [0.15, 0.2) is 12.6 Å². The average molecular weight is 638 g/mol. The molecular weight excluding hydrogens is 578 g/mol. The van der Waals surface area contributed by atoms with Crippen molar-refractivity contribution < 1.29 is 59.4 Å². The third-order valence-corrected chi connectivity index (χ3v) is 8.41. The van der Waals surface area contributed by atoms with Crippen LogP contribution in [0.25, 0.3) is 0 Å². The van der Waals surface area contributed by atoms with Gasteiger partial charge < -0.3 is 65.2 Å². The molecule has 0 aliphatic carbocycles. The second-order valence-corrected chi connectivity index (χ2v) is 12.0. The van der Waals surface area contributed by atoms with E-state index in [1.54, 1.807) is 0 Å². The summed E-state index contributed by atoms with van der Waals surface area (Å²) in [5, 5.41) is 70.9. The van der Waals surface area contributed by atoms with Crippen molar-refractivity contribution in [1.82, 2.24) is 0 Å². The number of aliphatic hydroxyl groups excluding tert-OH is 7. The zero-order valence-electron chi connectivity index (χ0n) is 26.4.